The first kappa shape index (κ1) is 15.9. The van der Waals surface area contributed by atoms with E-state index in [4.69, 9.17) is 0 Å². The fourth-order valence-corrected chi connectivity index (χ4v) is 0. The SMILES string of the molecule is CC(C)=O.O.[NaH]. The van der Waals surface area contributed by atoms with Crippen LogP contribution in [0.1, 0.15) is 13.8 Å². The number of carbonyl (C=O) groups excluding carboxylic acids is 1. The van der Waals surface area contributed by atoms with E-state index >= 15 is 0 Å². The Labute approximate surface area is 59.5 Å². The zero-order valence-electron chi connectivity index (χ0n) is 3.41. The van der Waals surface area contributed by atoms with E-state index in [-0.39, 0.29) is 40.8 Å². The Morgan fingerprint density at radius 1 is 1.33 bits per heavy atom. The Morgan fingerprint density at radius 2 is 1.33 bits per heavy atom. The van der Waals surface area contributed by atoms with E-state index in [1.165, 1.54) is 13.8 Å². The molecule has 2 nitrogen and oxygen atoms in total. The minimum absolute atomic E-state index is 0. The van der Waals surface area contributed by atoms with Crippen LogP contribution in [0.2, 0.25) is 0 Å². The second kappa shape index (κ2) is 9.16. The Morgan fingerprint density at radius 3 is 1.33 bits per heavy atom. The molecule has 0 saturated carbocycles. The van der Waals surface area contributed by atoms with Crippen LogP contribution in [0.5, 0.6) is 0 Å². The van der Waals surface area contributed by atoms with Crippen LogP contribution in [0.3, 0.4) is 0 Å². The van der Waals surface area contributed by atoms with Gasteiger partial charge < -0.3 is 10.3 Å². The van der Waals surface area contributed by atoms with Gasteiger partial charge >= 0.3 is 29.6 Å². The van der Waals surface area contributed by atoms with Gasteiger partial charge in [-0.1, -0.05) is 0 Å². The first-order valence-corrected chi connectivity index (χ1v) is 1.20. The summed E-state index contributed by atoms with van der Waals surface area (Å²) in [6.45, 7) is 3.06. The van der Waals surface area contributed by atoms with E-state index in [2.05, 4.69) is 0 Å². The molecule has 2 N–H and O–H groups in total. The van der Waals surface area contributed by atoms with Crippen molar-refractivity contribution in [2.24, 2.45) is 0 Å². The van der Waals surface area contributed by atoms with Crippen molar-refractivity contribution < 1.29 is 10.3 Å². The molecular weight excluding hydrogens is 91.0 g/mol. The minimum atomic E-state index is 0. The van der Waals surface area contributed by atoms with Crippen LogP contribution in [0.15, 0.2) is 0 Å². The molecule has 3 heteroatoms. The maximum atomic E-state index is 9.44. The molecule has 0 aliphatic carbocycles. The molecule has 0 radical (unpaired) electrons. The van der Waals surface area contributed by atoms with Crippen molar-refractivity contribution in [3.8, 4) is 0 Å². The van der Waals surface area contributed by atoms with Gasteiger partial charge in [0.2, 0.25) is 0 Å². The quantitative estimate of drug-likeness (QED) is 0.365. The Kier molecular flexibility index (Phi) is 24.3. The second-order valence-corrected chi connectivity index (χ2v) is 0.908. The standard InChI is InChI=1S/C3H6O.Na.H2O.H/c1-3(2)4;;;/h1-2H3;;1H2;. The Hall–Kier alpha value is 0.630. The van der Waals surface area contributed by atoms with E-state index in [0.29, 0.717) is 0 Å². The molecule has 34 valence electrons. The third-order valence-electron chi connectivity index (χ3n) is 0. The van der Waals surface area contributed by atoms with Gasteiger partial charge in [0.25, 0.3) is 0 Å². The van der Waals surface area contributed by atoms with Crippen LogP contribution in [-0.4, -0.2) is 40.8 Å². The van der Waals surface area contributed by atoms with Gasteiger partial charge in [-0.15, -0.1) is 0 Å². The molecule has 0 unspecified atom stereocenters. The third-order valence-corrected chi connectivity index (χ3v) is 0. The van der Waals surface area contributed by atoms with Crippen molar-refractivity contribution >= 4 is 35.3 Å². The summed E-state index contributed by atoms with van der Waals surface area (Å²) in [6.07, 6.45) is 0. The number of hydrogen-bond acceptors (Lipinski definition) is 1. The van der Waals surface area contributed by atoms with Gasteiger partial charge in [0.1, 0.15) is 5.78 Å². The number of ketones is 1. The molecule has 0 bridgehead atoms. The van der Waals surface area contributed by atoms with E-state index in [1.54, 1.807) is 0 Å². The van der Waals surface area contributed by atoms with Crippen molar-refractivity contribution in [3.63, 3.8) is 0 Å². The molecule has 0 fully saturated rings. The average molecular weight is 100 g/mol. The van der Waals surface area contributed by atoms with Crippen LogP contribution in [0.4, 0.5) is 0 Å². The number of hydrogen-bond donors (Lipinski definition) is 0. The van der Waals surface area contributed by atoms with Gasteiger partial charge in [-0.05, 0) is 13.8 Å². The van der Waals surface area contributed by atoms with Crippen molar-refractivity contribution in [1.29, 1.82) is 0 Å². The van der Waals surface area contributed by atoms with E-state index in [1.807, 2.05) is 0 Å². The summed E-state index contributed by atoms with van der Waals surface area (Å²) in [6, 6.07) is 0. The van der Waals surface area contributed by atoms with Gasteiger partial charge in [0.05, 0.1) is 0 Å². The molecule has 0 amide bonds. The predicted molar refractivity (Wildman–Crippen MR) is 27.1 cm³/mol. The van der Waals surface area contributed by atoms with Crippen LogP contribution < -0.4 is 0 Å². The van der Waals surface area contributed by atoms with Gasteiger partial charge in [0.15, 0.2) is 0 Å². The summed E-state index contributed by atoms with van der Waals surface area (Å²) in [7, 11) is 0. The average Bonchev–Trinajstić information content (AvgIpc) is 0.811. The van der Waals surface area contributed by atoms with Gasteiger partial charge in [0, 0.05) is 0 Å². The summed E-state index contributed by atoms with van der Waals surface area (Å²) >= 11 is 0. The predicted octanol–water partition coefficient (Wildman–Crippen LogP) is -0.878. The maximum absolute atomic E-state index is 9.44. The van der Waals surface area contributed by atoms with E-state index in [0.717, 1.165) is 0 Å². The molecule has 0 atom stereocenters. The Bertz CT molecular complexity index is 31.8. The molecule has 0 aromatic heterocycles. The van der Waals surface area contributed by atoms with Crippen molar-refractivity contribution in [3.05, 3.63) is 0 Å². The fourth-order valence-electron chi connectivity index (χ4n) is 0. The number of Topliss-reactive ketones (excluding diaryl/α,β-unsaturated/α-hetero) is 1. The normalized spacial score (nSPS) is 4.33. The molecule has 0 saturated heterocycles. The zero-order valence-corrected chi connectivity index (χ0v) is 3.41. The molecule has 0 heterocycles. The van der Waals surface area contributed by atoms with E-state index < -0.39 is 0 Å². The molecule has 0 spiro atoms. The monoisotopic (exact) mass is 100 g/mol. The van der Waals surface area contributed by atoms with E-state index in [9.17, 15) is 4.79 Å². The summed E-state index contributed by atoms with van der Waals surface area (Å²) < 4.78 is 0. The van der Waals surface area contributed by atoms with Crippen LogP contribution in [0, 0.1) is 0 Å². The second-order valence-electron chi connectivity index (χ2n) is 0.908. The van der Waals surface area contributed by atoms with Crippen LogP contribution >= 0.6 is 0 Å². The molecule has 0 aromatic carbocycles. The topological polar surface area (TPSA) is 48.6 Å². The summed E-state index contributed by atoms with van der Waals surface area (Å²) in [5, 5.41) is 0. The summed E-state index contributed by atoms with van der Waals surface area (Å²) in [5.74, 6) is 0.167. The molecule has 0 aromatic rings. The molecule has 0 aliphatic heterocycles. The molecular formula is C3H9NaO2. The fraction of sp³-hybridized carbons (Fsp3) is 0.667. The third kappa shape index (κ3) is 154. The number of rotatable bonds is 0. The van der Waals surface area contributed by atoms with Crippen LogP contribution in [0.25, 0.3) is 0 Å². The molecule has 0 aliphatic rings. The van der Waals surface area contributed by atoms with Gasteiger partial charge in [-0.3, -0.25) is 0 Å². The van der Waals surface area contributed by atoms with Gasteiger partial charge in [-0.2, -0.15) is 0 Å². The Balaban J connectivity index is -0.0000000450. The first-order valence-electron chi connectivity index (χ1n) is 1.20. The van der Waals surface area contributed by atoms with Gasteiger partial charge in [-0.25, -0.2) is 0 Å². The van der Waals surface area contributed by atoms with Crippen molar-refractivity contribution in [2.45, 2.75) is 13.8 Å². The zero-order chi connectivity index (χ0) is 3.58. The molecule has 6 heavy (non-hydrogen) atoms. The summed E-state index contributed by atoms with van der Waals surface area (Å²) in [4.78, 5) is 9.44. The summed E-state index contributed by atoms with van der Waals surface area (Å²) in [5.41, 5.74) is 0. The number of carbonyl (C=O) groups is 1. The first-order chi connectivity index (χ1) is 1.73. The van der Waals surface area contributed by atoms with Crippen molar-refractivity contribution in [1.82, 2.24) is 0 Å². The van der Waals surface area contributed by atoms with Crippen LogP contribution in [-0.2, 0) is 4.79 Å². The van der Waals surface area contributed by atoms with Crippen molar-refractivity contribution in [2.75, 3.05) is 0 Å². The molecule has 0 rings (SSSR count).